The van der Waals surface area contributed by atoms with Crippen LogP contribution in [-0.4, -0.2) is 49.4 Å². The van der Waals surface area contributed by atoms with E-state index in [-0.39, 0.29) is 18.6 Å². The predicted octanol–water partition coefficient (Wildman–Crippen LogP) is 4.32. The van der Waals surface area contributed by atoms with E-state index in [0.29, 0.717) is 0 Å². The van der Waals surface area contributed by atoms with Crippen molar-refractivity contribution in [1.29, 1.82) is 0 Å². The van der Waals surface area contributed by atoms with Crippen molar-refractivity contribution in [1.82, 2.24) is 0 Å². The monoisotopic (exact) mass is 362 g/mol. The van der Waals surface area contributed by atoms with Crippen molar-refractivity contribution >= 4 is 12.3 Å². The van der Waals surface area contributed by atoms with Crippen molar-refractivity contribution in [2.45, 2.75) is 79.1 Å². The molecule has 0 aliphatic carbocycles. The molecule has 0 aromatic carbocycles. The quantitative estimate of drug-likeness (QED) is 0.493. The van der Waals surface area contributed by atoms with Crippen LogP contribution in [0.3, 0.4) is 0 Å². The molecule has 0 fully saturated rings. The molecule has 0 saturated carbocycles. The Morgan fingerprint density at radius 3 is 1.32 bits per heavy atom. The maximum atomic E-state index is 11.8. The van der Waals surface area contributed by atoms with Gasteiger partial charge in [-0.15, -0.1) is 0 Å². The lowest BCUT2D eigenvalue weighted by Gasteiger charge is -2.38. The van der Waals surface area contributed by atoms with Gasteiger partial charge in [-0.1, -0.05) is 20.8 Å². The van der Waals surface area contributed by atoms with Crippen molar-refractivity contribution < 1.29 is 33.3 Å². The summed E-state index contributed by atoms with van der Waals surface area (Å²) in [7, 11) is 1.54. The van der Waals surface area contributed by atoms with Crippen molar-refractivity contribution in [2.24, 2.45) is 5.41 Å². The largest absolute Gasteiger partial charge is 0.509 e. The fourth-order valence-corrected chi connectivity index (χ4v) is 1.25. The second-order valence-corrected chi connectivity index (χ2v) is 8.39. The highest BCUT2D eigenvalue weighted by molar-refractivity contribution is 5.61. The van der Waals surface area contributed by atoms with Crippen molar-refractivity contribution in [2.75, 3.05) is 20.3 Å². The van der Waals surface area contributed by atoms with E-state index in [4.69, 9.17) is 23.7 Å². The molecular formula is C18H34O7. The summed E-state index contributed by atoms with van der Waals surface area (Å²) >= 11 is 0. The summed E-state index contributed by atoms with van der Waals surface area (Å²) in [5.74, 6) is 0. The van der Waals surface area contributed by atoms with Gasteiger partial charge in [0, 0.05) is 12.5 Å². The van der Waals surface area contributed by atoms with Crippen LogP contribution in [0.15, 0.2) is 0 Å². The van der Waals surface area contributed by atoms with Gasteiger partial charge in [0.15, 0.2) is 0 Å². The summed E-state index contributed by atoms with van der Waals surface area (Å²) < 4.78 is 25.7. The fourth-order valence-electron chi connectivity index (χ4n) is 1.25. The molecule has 7 nitrogen and oxygen atoms in total. The highest BCUT2D eigenvalue weighted by Crippen LogP contribution is 2.33. The highest BCUT2D eigenvalue weighted by atomic mass is 16.8. The van der Waals surface area contributed by atoms with Crippen LogP contribution in [0, 0.1) is 5.41 Å². The molecule has 0 unspecified atom stereocenters. The lowest BCUT2D eigenvalue weighted by molar-refractivity contribution is -0.146. The molecule has 0 radical (unpaired) electrons. The highest BCUT2D eigenvalue weighted by Gasteiger charge is 2.41. The van der Waals surface area contributed by atoms with Gasteiger partial charge in [-0.2, -0.15) is 0 Å². The lowest BCUT2D eigenvalue weighted by atomic mass is 9.79. The van der Waals surface area contributed by atoms with E-state index >= 15 is 0 Å². The third-order valence-electron chi connectivity index (χ3n) is 4.97. The Morgan fingerprint density at radius 1 is 0.640 bits per heavy atom. The minimum absolute atomic E-state index is 0.123. The van der Waals surface area contributed by atoms with Gasteiger partial charge in [0.2, 0.25) is 0 Å². The number of carbonyl (C=O) groups is 2. The zero-order valence-electron chi connectivity index (χ0n) is 17.3. The smallest absolute Gasteiger partial charge is 0.431 e. The van der Waals surface area contributed by atoms with Gasteiger partial charge in [0.1, 0.15) is 30.0 Å². The molecule has 0 N–H and O–H groups in total. The van der Waals surface area contributed by atoms with Gasteiger partial charge in [0.05, 0.1) is 0 Å². The summed E-state index contributed by atoms with van der Waals surface area (Å²) in [6.45, 7) is 16.3. The lowest BCUT2D eigenvalue weighted by Crippen LogP contribution is -2.50. The summed E-state index contributed by atoms with van der Waals surface area (Å²) in [4.78, 5) is 23.5. The molecule has 0 heterocycles. The summed E-state index contributed by atoms with van der Waals surface area (Å²) in [5, 5.41) is 0. The average molecular weight is 362 g/mol. The Balaban J connectivity index is 4.26. The molecule has 0 bridgehead atoms. The Hall–Kier alpha value is -1.50. The van der Waals surface area contributed by atoms with E-state index < -0.39 is 29.1 Å². The number of carbonyl (C=O) groups excluding carboxylic acids is 2. The molecule has 0 rings (SSSR count). The summed E-state index contributed by atoms with van der Waals surface area (Å²) in [5.41, 5.74) is -2.52. The van der Waals surface area contributed by atoms with Crippen molar-refractivity contribution in [3.05, 3.63) is 0 Å². The van der Waals surface area contributed by atoms with E-state index in [9.17, 15) is 9.59 Å². The van der Waals surface area contributed by atoms with Crippen LogP contribution in [0.2, 0.25) is 0 Å². The van der Waals surface area contributed by atoms with Crippen LogP contribution in [0.5, 0.6) is 0 Å². The molecule has 0 aromatic heterocycles. The Kier molecular flexibility index (Phi) is 7.76. The van der Waals surface area contributed by atoms with E-state index in [0.717, 1.165) is 0 Å². The standard InChI is InChI=1S/C18H34O7/c1-15(2,3)16(4,5)24-13(19)22-11-12-23-14(20)25-18(8,9)17(6,7)21-10/h11-12H2,1-10H3. The number of hydrogen-bond donors (Lipinski definition) is 0. The van der Waals surface area contributed by atoms with Gasteiger partial charge in [-0.05, 0) is 41.5 Å². The second-order valence-electron chi connectivity index (χ2n) is 8.39. The third kappa shape index (κ3) is 7.10. The molecule has 0 aromatic rings. The summed E-state index contributed by atoms with van der Waals surface area (Å²) in [6.07, 6.45) is -1.67. The first-order valence-electron chi connectivity index (χ1n) is 8.32. The maximum Gasteiger partial charge on any atom is 0.509 e. The first kappa shape index (κ1) is 23.5. The third-order valence-corrected chi connectivity index (χ3v) is 4.97. The van der Waals surface area contributed by atoms with Crippen LogP contribution in [-0.2, 0) is 23.7 Å². The van der Waals surface area contributed by atoms with Crippen LogP contribution >= 0.6 is 0 Å². The number of methoxy groups -OCH3 is 1. The van der Waals surface area contributed by atoms with Gasteiger partial charge in [-0.25, -0.2) is 9.59 Å². The van der Waals surface area contributed by atoms with Gasteiger partial charge in [-0.3, -0.25) is 0 Å². The molecule has 0 amide bonds. The van der Waals surface area contributed by atoms with Gasteiger partial charge >= 0.3 is 12.3 Å². The molecule has 7 heteroatoms. The second kappa shape index (κ2) is 8.25. The van der Waals surface area contributed by atoms with Gasteiger partial charge < -0.3 is 23.7 Å². The van der Waals surface area contributed by atoms with E-state index in [1.165, 1.54) is 7.11 Å². The minimum Gasteiger partial charge on any atom is -0.431 e. The van der Waals surface area contributed by atoms with E-state index in [1.807, 2.05) is 34.6 Å². The normalized spacial score (nSPS) is 13.2. The molecule has 0 aliphatic heterocycles. The fraction of sp³-hybridized carbons (Fsp3) is 0.889. The number of ether oxygens (including phenoxy) is 5. The average Bonchev–Trinajstić information content (AvgIpc) is 2.41. The zero-order valence-corrected chi connectivity index (χ0v) is 17.3. The summed E-state index contributed by atoms with van der Waals surface area (Å²) in [6, 6.07) is 0. The first-order chi connectivity index (χ1) is 11.1. The first-order valence-corrected chi connectivity index (χ1v) is 8.32. The number of rotatable bonds is 7. The minimum atomic E-state index is -0.893. The molecule has 148 valence electrons. The Labute approximate surface area is 151 Å². The van der Waals surface area contributed by atoms with Gasteiger partial charge in [0.25, 0.3) is 0 Å². The predicted molar refractivity (Wildman–Crippen MR) is 93.6 cm³/mol. The molecule has 0 aliphatic rings. The molecule has 25 heavy (non-hydrogen) atoms. The molecule has 0 saturated heterocycles. The SMILES string of the molecule is COC(C)(C)C(C)(C)OC(=O)OCCOC(=O)OC(C)(C)C(C)(C)C. The topological polar surface area (TPSA) is 80.3 Å². The van der Waals surface area contributed by atoms with Crippen LogP contribution in [0.25, 0.3) is 0 Å². The zero-order chi connectivity index (χ0) is 20.1. The van der Waals surface area contributed by atoms with Crippen LogP contribution < -0.4 is 0 Å². The maximum absolute atomic E-state index is 11.8. The number of hydrogen-bond acceptors (Lipinski definition) is 7. The molecule has 0 atom stereocenters. The van der Waals surface area contributed by atoms with E-state index in [1.54, 1.807) is 27.7 Å². The molecular weight excluding hydrogens is 328 g/mol. The Morgan fingerprint density at radius 2 is 1.00 bits per heavy atom. The van der Waals surface area contributed by atoms with Crippen molar-refractivity contribution in [3.8, 4) is 0 Å². The van der Waals surface area contributed by atoms with Crippen molar-refractivity contribution in [3.63, 3.8) is 0 Å². The van der Waals surface area contributed by atoms with Crippen LogP contribution in [0.4, 0.5) is 9.59 Å². The van der Waals surface area contributed by atoms with E-state index in [2.05, 4.69) is 0 Å². The molecule has 0 spiro atoms. The van der Waals surface area contributed by atoms with Crippen LogP contribution in [0.1, 0.15) is 62.3 Å². The Bertz CT molecular complexity index is 459.